The Morgan fingerprint density at radius 3 is 2.93 bits per heavy atom. The summed E-state index contributed by atoms with van der Waals surface area (Å²) in [5.74, 6) is -0.923. The molecule has 0 spiro atoms. The molecular formula is C18H17N3O5S. The van der Waals surface area contributed by atoms with Crippen LogP contribution in [-0.2, 0) is 25.7 Å². The van der Waals surface area contributed by atoms with E-state index in [4.69, 9.17) is 4.74 Å². The molecule has 9 heteroatoms. The smallest absolute Gasteiger partial charge is 0.353 e. The van der Waals surface area contributed by atoms with E-state index in [2.05, 4.69) is 5.10 Å². The van der Waals surface area contributed by atoms with Crippen LogP contribution in [0.1, 0.15) is 48.0 Å². The average Bonchev–Trinajstić information content (AvgIpc) is 3.40. The van der Waals surface area contributed by atoms with Crippen LogP contribution in [-0.4, -0.2) is 50.1 Å². The van der Waals surface area contributed by atoms with E-state index in [9.17, 15) is 19.5 Å². The zero-order valence-corrected chi connectivity index (χ0v) is 15.4. The molecule has 2 unspecified atom stereocenters. The summed E-state index contributed by atoms with van der Waals surface area (Å²) in [7, 11) is 1.35. The highest BCUT2D eigenvalue weighted by atomic mass is 32.2. The monoisotopic (exact) mass is 387 g/mol. The second kappa shape index (κ2) is 5.72. The Kier molecular flexibility index (Phi) is 3.52. The third kappa shape index (κ3) is 2.24. The number of β-lactam (4-membered cyclic amide) rings is 1. The number of carboxylic acid groups (broad SMARTS) is 1. The molecule has 0 aromatic carbocycles. The van der Waals surface area contributed by atoms with Crippen LogP contribution in [0.5, 0.6) is 0 Å². The molecule has 140 valence electrons. The minimum absolute atomic E-state index is 0.0210. The van der Waals surface area contributed by atoms with Crippen molar-refractivity contribution in [1.29, 1.82) is 0 Å². The van der Waals surface area contributed by atoms with Crippen LogP contribution in [0.3, 0.4) is 0 Å². The van der Waals surface area contributed by atoms with Crippen LogP contribution in [0.4, 0.5) is 0 Å². The molecule has 1 saturated carbocycles. The first-order chi connectivity index (χ1) is 13.0. The first kappa shape index (κ1) is 16.6. The predicted molar refractivity (Wildman–Crippen MR) is 95.5 cm³/mol. The van der Waals surface area contributed by atoms with Crippen LogP contribution >= 0.6 is 11.8 Å². The van der Waals surface area contributed by atoms with Crippen molar-refractivity contribution < 1.29 is 24.2 Å². The maximum absolute atomic E-state index is 12.5. The summed E-state index contributed by atoms with van der Waals surface area (Å²) in [6.07, 6.45) is 5.04. The normalized spacial score (nSPS) is 28.9. The fraction of sp³-hybridized carbons (Fsp3) is 0.444. The molecule has 3 heterocycles. The van der Waals surface area contributed by atoms with Gasteiger partial charge in [0.15, 0.2) is 0 Å². The van der Waals surface area contributed by atoms with E-state index in [0.717, 1.165) is 36.2 Å². The number of carbonyl (C=O) groups is 3. The Hall–Kier alpha value is -2.55. The van der Waals surface area contributed by atoms with Gasteiger partial charge in [0, 0.05) is 22.6 Å². The van der Waals surface area contributed by atoms with E-state index in [1.54, 1.807) is 10.8 Å². The van der Waals surface area contributed by atoms with Gasteiger partial charge in [0.25, 0.3) is 5.91 Å². The number of ether oxygens (including phenoxy) is 1. The highest BCUT2D eigenvalue weighted by Crippen LogP contribution is 2.55. The minimum atomic E-state index is -1.10. The Bertz CT molecular complexity index is 962. The number of methoxy groups -OCH3 is 1. The van der Waals surface area contributed by atoms with Gasteiger partial charge in [-0.15, -0.1) is 11.8 Å². The molecule has 27 heavy (non-hydrogen) atoms. The first-order valence-corrected chi connectivity index (χ1v) is 9.75. The van der Waals surface area contributed by atoms with Gasteiger partial charge in [-0.1, -0.05) is 0 Å². The van der Waals surface area contributed by atoms with Gasteiger partial charge in [-0.3, -0.25) is 19.2 Å². The van der Waals surface area contributed by atoms with Gasteiger partial charge >= 0.3 is 11.9 Å². The molecule has 4 aliphatic rings. The highest BCUT2D eigenvalue weighted by Gasteiger charge is 2.50. The molecule has 2 fully saturated rings. The van der Waals surface area contributed by atoms with E-state index in [1.807, 2.05) is 0 Å². The van der Waals surface area contributed by atoms with Gasteiger partial charge in [-0.25, -0.2) is 4.79 Å². The fourth-order valence-corrected chi connectivity index (χ4v) is 5.80. The van der Waals surface area contributed by atoms with E-state index in [0.29, 0.717) is 17.4 Å². The summed E-state index contributed by atoms with van der Waals surface area (Å²) < 4.78 is 6.51. The van der Waals surface area contributed by atoms with E-state index < -0.39 is 5.97 Å². The number of hydrogen-bond donors (Lipinski definition) is 1. The second-order valence-corrected chi connectivity index (χ2v) is 8.15. The molecule has 0 radical (unpaired) electrons. The van der Waals surface area contributed by atoms with Gasteiger partial charge in [0.1, 0.15) is 17.6 Å². The van der Waals surface area contributed by atoms with Crippen molar-refractivity contribution in [3.8, 4) is 0 Å². The molecule has 1 aromatic rings. The minimum Gasteiger partial charge on any atom is -0.477 e. The van der Waals surface area contributed by atoms with Gasteiger partial charge in [-0.05, 0) is 31.3 Å². The van der Waals surface area contributed by atoms with Crippen molar-refractivity contribution in [2.45, 2.75) is 43.0 Å². The Morgan fingerprint density at radius 1 is 1.41 bits per heavy atom. The third-order valence-electron chi connectivity index (χ3n) is 5.84. The SMILES string of the molecule is COC(=O)Cn1nc(C=C2C(=O)N3C(C(=O)O)=CS[C@H]23)c2c1C1CCC2C1. The summed E-state index contributed by atoms with van der Waals surface area (Å²) in [4.78, 5) is 36.8. The number of rotatable bonds is 4. The lowest BCUT2D eigenvalue weighted by atomic mass is 9.93. The molecule has 1 aromatic heterocycles. The molecule has 3 atom stereocenters. The number of carbonyl (C=O) groups excluding carboxylic acids is 2. The number of thioether (sulfide) groups is 1. The maximum atomic E-state index is 12.5. The number of aromatic nitrogens is 2. The zero-order valence-electron chi connectivity index (χ0n) is 14.5. The number of esters is 1. The van der Waals surface area contributed by atoms with Crippen molar-refractivity contribution in [2.24, 2.45) is 0 Å². The standard InChI is InChI=1S/C18H17N3O5S/c1-26-13(22)6-20-15-9-3-2-8(4-9)14(15)11(19-20)5-10-16(23)21-12(18(24)25)7-27-17(10)21/h5,7-9,17H,2-4,6H2,1H3,(H,24,25)/t8?,9?,17-/m1/s1. The van der Waals surface area contributed by atoms with Crippen molar-refractivity contribution in [3.63, 3.8) is 0 Å². The number of carboxylic acids is 1. The summed E-state index contributed by atoms with van der Waals surface area (Å²) >= 11 is 1.31. The summed E-state index contributed by atoms with van der Waals surface area (Å²) in [5.41, 5.74) is 3.54. The topological polar surface area (TPSA) is 102 Å². The molecule has 2 aliphatic heterocycles. The van der Waals surface area contributed by atoms with Crippen LogP contribution < -0.4 is 0 Å². The first-order valence-electron chi connectivity index (χ1n) is 8.81. The molecule has 1 N–H and O–H groups in total. The van der Waals surface area contributed by atoms with Crippen molar-refractivity contribution in [3.05, 3.63) is 33.6 Å². The van der Waals surface area contributed by atoms with E-state index in [-0.39, 0.29) is 29.5 Å². The van der Waals surface area contributed by atoms with Crippen LogP contribution in [0.2, 0.25) is 0 Å². The zero-order chi connectivity index (χ0) is 18.9. The number of fused-ring (bicyclic) bond motifs is 6. The molecule has 5 rings (SSSR count). The van der Waals surface area contributed by atoms with Crippen LogP contribution in [0, 0.1) is 0 Å². The van der Waals surface area contributed by atoms with Crippen molar-refractivity contribution in [2.75, 3.05) is 7.11 Å². The molecule has 8 nitrogen and oxygen atoms in total. The molecular weight excluding hydrogens is 370 g/mol. The number of aliphatic carboxylic acids is 1. The number of amides is 1. The summed E-state index contributed by atoms with van der Waals surface area (Å²) in [5, 5.41) is 15.0. The second-order valence-electron chi connectivity index (χ2n) is 7.20. The van der Waals surface area contributed by atoms with Crippen molar-refractivity contribution >= 4 is 35.7 Å². The summed E-state index contributed by atoms with van der Waals surface area (Å²) in [6.45, 7) is 0.0637. The predicted octanol–water partition coefficient (Wildman–Crippen LogP) is 1.65. The number of nitrogens with zero attached hydrogens (tertiary/aromatic N) is 3. The summed E-state index contributed by atoms with van der Waals surface area (Å²) in [6, 6.07) is 0. The average molecular weight is 387 g/mol. The van der Waals surface area contributed by atoms with Gasteiger partial charge in [0.2, 0.25) is 0 Å². The van der Waals surface area contributed by atoms with E-state index >= 15 is 0 Å². The Morgan fingerprint density at radius 2 is 2.19 bits per heavy atom. The largest absolute Gasteiger partial charge is 0.477 e. The third-order valence-corrected chi connectivity index (χ3v) is 6.92. The molecule has 1 amide bonds. The lowest BCUT2D eigenvalue weighted by Gasteiger charge is -2.37. The quantitative estimate of drug-likeness (QED) is 0.476. The highest BCUT2D eigenvalue weighted by molar-refractivity contribution is 8.03. The maximum Gasteiger partial charge on any atom is 0.353 e. The Balaban J connectivity index is 1.51. The van der Waals surface area contributed by atoms with Gasteiger partial charge < -0.3 is 9.84 Å². The van der Waals surface area contributed by atoms with Crippen molar-refractivity contribution in [1.82, 2.24) is 14.7 Å². The Labute approximate surface area is 158 Å². The molecule has 1 saturated heterocycles. The molecule has 2 bridgehead atoms. The lowest BCUT2D eigenvalue weighted by molar-refractivity contribution is -0.141. The fourth-order valence-electron chi connectivity index (χ4n) is 4.68. The lowest BCUT2D eigenvalue weighted by Crippen LogP contribution is -2.51. The number of hydrogen-bond acceptors (Lipinski definition) is 6. The van der Waals surface area contributed by atoms with Gasteiger partial charge in [0.05, 0.1) is 18.4 Å². The molecule has 2 aliphatic carbocycles. The van der Waals surface area contributed by atoms with Crippen LogP contribution in [0.25, 0.3) is 6.08 Å². The van der Waals surface area contributed by atoms with E-state index in [1.165, 1.54) is 29.2 Å². The van der Waals surface area contributed by atoms with Gasteiger partial charge in [-0.2, -0.15) is 5.10 Å². The van der Waals surface area contributed by atoms with Crippen LogP contribution in [0.15, 0.2) is 16.7 Å².